The van der Waals surface area contributed by atoms with Crippen molar-refractivity contribution < 1.29 is 13.2 Å². The quantitative estimate of drug-likeness (QED) is 0.203. The number of carbonyl (C=O) groups excluding carboxylic acids is 1. The van der Waals surface area contributed by atoms with Crippen LogP contribution in [0.3, 0.4) is 0 Å². The number of benzene rings is 3. The summed E-state index contributed by atoms with van der Waals surface area (Å²) in [6.45, 7) is 4.91. The first-order valence-electron chi connectivity index (χ1n) is 13.6. The maximum atomic E-state index is 13.9. The van der Waals surface area contributed by atoms with Crippen LogP contribution in [0.1, 0.15) is 22.6 Å². The van der Waals surface area contributed by atoms with Crippen LogP contribution < -0.4 is 15.3 Å². The van der Waals surface area contributed by atoms with Gasteiger partial charge in [0.1, 0.15) is 12.2 Å². The SMILES string of the molecule is Cc1cc(/C=N\NC(=O)CN(c2c(C)n(C)n(-c3ccccc3)c2=O)S(=O)(=O)c2ccccc2)c(C)n1-c1ccccc1. The van der Waals surface area contributed by atoms with Crippen LogP contribution in [0.5, 0.6) is 0 Å². The largest absolute Gasteiger partial charge is 0.318 e. The van der Waals surface area contributed by atoms with E-state index in [1.54, 1.807) is 61.1 Å². The fourth-order valence-electron chi connectivity index (χ4n) is 5.08. The first-order chi connectivity index (χ1) is 20.6. The number of aromatic nitrogens is 3. The molecule has 0 aliphatic rings. The van der Waals surface area contributed by atoms with Gasteiger partial charge in [-0.1, -0.05) is 54.6 Å². The van der Waals surface area contributed by atoms with E-state index < -0.39 is 28.0 Å². The zero-order valence-corrected chi connectivity index (χ0v) is 25.1. The molecule has 0 unspecified atom stereocenters. The normalized spacial score (nSPS) is 11.6. The first kappa shape index (κ1) is 29.3. The van der Waals surface area contributed by atoms with E-state index in [0.29, 0.717) is 11.4 Å². The number of amides is 1. The number of sulfonamides is 1. The van der Waals surface area contributed by atoms with Gasteiger partial charge < -0.3 is 4.57 Å². The summed E-state index contributed by atoms with van der Waals surface area (Å²) < 4.78 is 33.7. The summed E-state index contributed by atoms with van der Waals surface area (Å²) in [5, 5.41) is 4.12. The van der Waals surface area contributed by atoms with Gasteiger partial charge in [-0.05, 0) is 63.2 Å². The van der Waals surface area contributed by atoms with Crippen molar-refractivity contribution in [2.24, 2.45) is 12.1 Å². The lowest BCUT2D eigenvalue weighted by Crippen LogP contribution is -2.42. The third kappa shape index (κ3) is 5.67. The Morgan fingerprint density at radius 3 is 2.02 bits per heavy atom. The summed E-state index contributed by atoms with van der Waals surface area (Å²) >= 11 is 0. The number of carbonyl (C=O) groups is 1. The number of nitrogens with zero attached hydrogens (tertiary/aromatic N) is 5. The molecule has 1 amide bonds. The van der Waals surface area contributed by atoms with Gasteiger partial charge in [0.05, 0.1) is 22.5 Å². The Bertz CT molecular complexity index is 1960. The van der Waals surface area contributed by atoms with Crippen molar-refractivity contribution in [2.45, 2.75) is 25.7 Å². The lowest BCUT2D eigenvalue weighted by molar-refractivity contribution is -0.119. The molecule has 2 aromatic heterocycles. The molecule has 10 nitrogen and oxygen atoms in total. The summed E-state index contributed by atoms with van der Waals surface area (Å²) in [4.78, 5) is 26.9. The fraction of sp³-hybridized carbons (Fsp3) is 0.156. The number of rotatable bonds is 9. The Hall–Kier alpha value is -5.16. The van der Waals surface area contributed by atoms with Gasteiger partial charge in [-0.2, -0.15) is 5.10 Å². The van der Waals surface area contributed by atoms with E-state index in [2.05, 4.69) is 15.1 Å². The predicted molar refractivity (Wildman–Crippen MR) is 168 cm³/mol. The van der Waals surface area contributed by atoms with Crippen molar-refractivity contribution in [2.75, 3.05) is 10.8 Å². The summed E-state index contributed by atoms with van der Waals surface area (Å²) in [5.41, 5.74) is 6.39. The molecule has 0 atom stereocenters. The molecular formula is C32H32N6O4S. The average Bonchev–Trinajstić information content (AvgIpc) is 3.42. The highest BCUT2D eigenvalue weighted by Crippen LogP contribution is 2.25. The Balaban J connectivity index is 1.47. The molecule has 11 heteroatoms. The lowest BCUT2D eigenvalue weighted by Gasteiger charge is -2.22. The number of aryl methyl sites for hydroxylation is 1. The summed E-state index contributed by atoms with van der Waals surface area (Å²) in [6.07, 6.45) is 1.52. The van der Waals surface area contributed by atoms with Gasteiger partial charge in [0.15, 0.2) is 0 Å². The molecule has 0 radical (unpaired) electrons. The van der Waals surface area contributed by atoms with E-state index in [4.69, 9.17) is 0 Å². The van der Waals surface area contributed by atoms with E-state index >= 15 is 0 Å². The van der Waals surface area contributed by atoms with Crippen LogP contribution in [0, 0.1) is 20.8 Å². The van der Waals surface area contributed by atoms with Crippen molar-refractivity contribution in [3.05, 3.63) is 130 Å². The van der Waals surface area contributed by atoms with Gasteiger partial charge >= 0.3 is 0 Å². The molecule has 0 aliphatic heterocycles. The molecular weight excluding hydrogens is 564 g/mol. The number of para-hydroxylation sites is 2. The van der Waals surface area contributed by atoms with Crippen LogP contribution >= 0.6 is 0 Å². The second-order valence-electron chi connectivity index (χ2n) is 10.0. The predicted octanol–water partition coefficient (Wildman–Crippen LogP) is 4.24. The number of hydrogen-bond donors (Lipinski definition) is 1. The van der Waals surface area contributed by atoms with Crippen molar-refractivity contribution in [3.8, 4) is 11.4 Å². The molecule has 0 saturated heterocycles. The first-order valence-corrected chi connectivity index (χ1v) is 15.0. The Morgan fingerprint density at radius 2 is 1.42 bits per heavy atom. The molecule has 0 fully saturated rings. The number of hydrogen-bond acceptors (Lipinski definition) is 5. The van der Waals surface area contributed by atoms with Gasteiger partial charge in [-0.25, -0.2) is 22.8 Å². The molecule has 0 spiro atoms. The van der Waals surface area contributed by atoms with Crippen LogP contribution in [0.15, 0.2) is 112 Å². The zero-order chi connectivity index (χ0) is 30.7. The van der Waals surface area contributed by atoms with Gasteiger partial charge in [-0.15, -0.1) is 0 Å². The maximum Gasteiger partial charge on any atom is 0.296 e. The summed E-state index contributed by atoms with van der Waals surface area (Å²) in [5.74, 6) is -0.707. The van der Waals surface area contributed by atoms with E-state index in [9.17, 15) is 18.0 Å². The Kier molecular flexibility index (Phi) is 8.18. The van der Waals surface area contributed by atoms with E-state index in [1.165, 1.54) is 23.0 Å². The molecule has 5 rings (SSSR count). The van der Waals surface area contributed by atoms with E-state index in [0.717, 1.165) is 26.9 Å². The average molecular weight is 597 g/mol. The summed E-state index contributed by atoms with van der Waals surface area (Å²) in [7, 11) is -2.64. The van der Waals surface area contributed by atoms with E-state index in [-0.39, 0.29) is 10.6 Å². The monoisotopic (exact) mass is 596 g/mol. The Labute approximate surface area is 250 Å². The molecule has 1 N–H and O–H groups in total. The molecule has 0 saturated carbocycles. The highest BCUT2D eigenvalue weighted by Gasteiger charge is 2.33. The minimum Gasteiger partial charge on any atom is -0.318 e. The van der Waals surface area contributed by atoms with Crippen LogP contribution in [0.4, 0.5) is 5.69 Å². The van der Waals surface area contributed by atoms with Crippen LogP contribution in [-0.2, 0) is 21.9 Å². The van der Waals surface area contributed by atoms with Gasteiger partial charge in [-0.3, -0.25) is 14.3 Å². The second kappa shape index (κ2) is 12.0. The zero-order valence-electron chi connectivity index (χ0n) is 24.3. The third-order valence-corrected chi connectivity index (χ3v) is 9.03. The highest BCUT2D eigenvalue weighted by atomic mass is 32.2. The molecule has 2 heterocycles. The van der Waals surface area contributed by atoms with E-state index in [1.807, 2.05) is 56.3 Å². The van der Waals surface area contributed by atoms with Gasteiger partial charge in [0, 0.05) is 29.7 Å². The topological polar surface area (TPSA) is 111 Å². The molecule has 43 heavy (non-hydrogen) atoms. The molecule has 3 aromatic carbocycles. The number of nitrogens with one attached hydrogen (secondary N) is 1. The van der Waals surface area contributed by atoms with Gasteiger partial charge in [0.2, 0.25) is 0 Å². The molecule has 220 valence electrons. The standard InChI is InChI=1S/C32H32N6O4S/c1-23-20-26(24(2)37(23)27-14-8-5-9-15-27)21-33-34-30(39)22-36(43(41,42)29-18-12-7-13-19-29)31-25(3)35(4)38(32(31)40)28-16-10-6-11-17-28/h5-21H,22H2,1-4H3,(H,34,39)/b33-21-. The van der Waals surface area contributed by atoms with Gasteiger partial charge in [0.25, 0.3) is 21.5 Å². The van der Waals surface area contributed by atoms with Crippen LogP contribution in [-0.4, -0.2) is 41.0 Å². The van der Waals surface area contributed by atoms with Crippen molar-refractivity contribution in [1.29, 1.82) is 0 Å². The summed E-state index contributed by atoms with van der Waals surface area (Å²) in [6, 6.07) is 28.4. The molecule has 0 aliphatic carbocycles. The van der Waals surface area contributed by atoms with Crippen molar-refractivity contribution in [1.82, 2.24) is 19.4 Å². The minimum atomic E-state index is -4.31. The smallest absolute Gasteiger partial charge is 0.296 e. The number of hydrazone groups is 1. The molecule has 5 aromatic rings. The third-order valence-electron chi connectivity index (χ3n) is 7.27. The van der Waals surface area contributed by atoms with Crippen LogP contribution in [0.2, 0.25) is 0 Å². The van der Waals surface area contributed by atoms with Crippen LogP contribution in [0.25, 0.3) is 11.4 Å². The maximum absolute atomic E-state index is 13.9. The highest BCUT2D eigenvalue weighted by molar-refractivity contribution is 7.92. The second-order valence-corrected chi connectivity index (χ2v) is 11.9. The minimum absolute atomic E-state index is 0.0476. The molecule has 0 bridgehead atoms. The number of anilines is 1. The fourth-order valence-corrected chi connectivity index (χ4v) is 6.57. The lowest BCUT2D eigenvalue weighted by atomic mass is 10.2. The Morgan fingerprint density at radius 1 is 0.860 bits per heavy atom. The van der Waals surface area contributed by atoms with Crippen molar-refractivity contribution in [3.63, 3.8) is 0 Å². The van der Waals surface area contributed by atoms with Crippen molar-refractivity contribution >= 4 is 27.8 Å².